The van der Waals surface area contributed by atoms with Crippen LogP contribution in [0.3, 0.4) is 0 Å². The van der Waals surface area contributed by atoms with Gasteiger partial charge in [0, 0.05) is 6.42 Å². The van der Waals surface area contributed by atoms with Crippen LogP contribution in [0.25, 0.3) is 0 Å². The normalized spacial score (nSPS) is 27.6. The fourth-order valence-corrected chi connectivity index (χ4v) is 4.74. The van der Waals surface area contributed by atoms with E-state index in [-0.39, 0.29) is 30.6 Å². The number of unbranched alkanes of at least 4 members (excludes halogenated alkanes) is 1. The highest BCUT2D eigenvalue weighted by atomic mass is 19.2. The second kappa shape index (κ2) is 12.0. The van der Waals surface area contributed by atoms with Crippen LogP contribution in [-0.4, -0.2) is 32.1 Å². The first-order chi connectivity index (χ1) is 15.0. The van der Waals surface area contributed by atoms with Gasteiger partial charge < -0.3 is 14.2 Å². The van der Waals surface area contributed by atoms with Crippen molar-refractivity contribution in [2.75, 3.05) is 19.8 Å². The maximum atomic E-state index is 14.4. The Morgan fingerprint density at radius 1 is 0.968 bits per heavy atom. The Labute approximate surface area is 184 Å². The van der Waals surface area contributed by atoms with Crippen LogP contribution >= 0.6 is 0 Å². The first-order valence-electron chi connectivity index (χ1n) is 12.0. The van der Waals surface area contributed by atoms with Gasteiger partial charge in [0.25, 0.3) is 0 Å². The van der Waals surface area contributed by atoms with Gasteiger partial charge >= 0.3 is 0 Å². The standard InChI is InChI=1S/C25H37F3O3/c1-3-4-13-29-22-11-12-23(25(28)24(22)27)31-16-20(26)14-21-10-9-19(15-30-21)18-7-5-17(2)6-8-18/h11-12,17-21H,3-10,13-16H2,1-2H3. The number of hydrogen-bond acceptors (Lipinski definition) is 3. The van der Waals surface area contributed by atoms with Gasteiger partial charge in [-0.25, -0.2) is 4.39 Å². The number of benzene rings is 1. The Bertz CT molecular complexity index is 668. The van der Waals surface area contributed by atoms with Crippen molar-refractivity contribution in [1.82, 2.24) is 0 Å². The van der Waals surface area contributed by atoms with Crippen LogP contribution in [0.1, 0.15) is 71.6 Å². The van der Waals surface area contributed by atoms with Crippen LogP contribution < -0.4 is 9.47 Å². The molecule has 1 aliphatic heterocycles. The Balaban J connectivity index is 1.39. The highest BCUT2D eigenvalue weighted by molar-refractivity contribution is 5.35. The highest BCUT2D eigenvalue weighted by Gasteiger charge is 2.31. The van der Waals surface area contributed by atoms with Gasteiger partial charge in [0.1, 0.15) is 12.8 Å². The van der Waals surface area contributed by atoms with Crippen molar-refractivity contribution in [2.24, 2.45) is 17.8 Å². The van der Waals surface area contributed by atoms with Gasteiger partial charge in [-0.1, -0.05) is 33.1 Å². The zero-order valence-corrected chi connectivity index (χ0v) is 18.9. The monoisotopic (exact) mass is 442 g/mol. The van der Waals surface area contributed by atoms with E-state index in [4.69, 9.17) is 14.2 Å². The largest absolute Gasteiger partial charge is 0.490 e. The third-order valence-electron chi connectivity index (χ3n) is 6.84. The molecule has 0 radical (unpaired) electrons. The molecule has 1 aromatic rings. The predicted molar refractivity (Wildman–Crippen MR) is 115 cm³/mol. The van der Waals surface area contributed by atoms with E-state index in [9.17, 15) is 13.2 Å². The molecule has 0 bridgehead atoms. The van der Waals surface area contributed by atoms with Crippen LogP contribution in [0.4, 0.5) is 13.2 Å². The summed E-state index contributed by atoms with van der Waals surface area (Å²) in [6.07, 6.45) is 7.55. The lowest BCUT2D eigenvalue weighted by Crippen LogP contribution is -2.34. The summed E-state index contributed by atoms with van der Waals surface area (Å²) >= 11 is 0. The summed E-state index contributed by atoms with van der Waals surface area (Å²) in [5.74, 6) is -0.500. The maximum Gasteiger partial charge on any atom is 0.204 e. The molecule has 0 amide bonds. The molecule has 1 saturated carbocycles. The molecular formula is C25H37F3O3. The van der Waals surface area contributed by atoms with E-state index in [2.05, 4.69) is 6.92 Å². The van der Waals surface area contributed by atoms with E-state index < -0.39 is 17.8 Å². The first kappa shape index (κ1) is 24.2. The maximum absolute atomic E-state index is 14.4. The molecule has 1 saturated heterocycles. The van der Waals surface area contributed by atoms with Crippen molar-refractivity contribution >= 4 is 0 Å². The molecule has 176 valence electrons. The molecule has 3 rings (SSSR count). The Hall–Kier alpha value is -1.43. The number of alkyl halides is 1. The Morgan fingerprint density at radius 3 is 2.23 bits per heavy atom. The minimum absolute atomic E-state index is 0.131. The van der Waals surface area contributed by atoms with Gasteiger partial charge in [0.2, 0.25) is 11.6 Å². The smallest absolute Gasteiger partial charge is 0.204 e. The zero-order valence-electron chi connectivity index (χ0n) is 18.9. The Morgan fingerprint density at radius 2 is 1.61 bits per heavy atom. The van der Waals surface area contributed by atoms with Crippen LogP contribution in [0.5, 0.6) is 11.5 Å². The molecule has 2 fully saturated rings. The van der Waals surface area contributed by atoms with Crippen molar-refractivity contribution < 1.29 is 27.4 Å². The second-order valence-electron chi connectivity index (χ2n) is 9.35. The summed E-state index contributed by atoms with van der Waals surface area (Å²) in [6.45, 7) is 5.01. The van der Waals surface area contributed by atoms with E-state index in [0.29, 0.717) is 19.1 Å². The average Bonchev–Trinajstić information content (AvgIpc) is 2.77. The number of halogens is 3. The Kier molecular flexibility index (Phi) is 9.36. The van der Waals surface area contributed by atoms with Gasteiger partial charge in [-0.15, -0.1) is 0 Å². The lowest BCUT2D eigenvalue weighted by atomic mass is 9.74. The predicted octanol–water partition coefficient (Wildman–Crippen LogP) is 6.87. The highest BCUT2D eigenvalue weighted by Crippen LogP contribution is 2.38. The van der Waals surface area contributed by atoms with E-state index in [1.54, 1.807) is 0 Å². The van der Waals surface area contributed by atoms with E-state index in [1.165, 1.54) is 37.8 Å². The second-order valence-corrected chi connectivity index (χ2v) is 9.35. The molecule has 3 unspecified atom stereocenters. The van der Waals surface area contributed by atoms with Crippen molar-refractivity contribution in [1.29, 1.82) is 0 Å². The van der Waals surface area contributed by atoms with Crippen LogP contribution in [-0.2, 0) is 4.74 Å². The van der Waals surface area contributed by atoms with Gasteiger partial charge in [-0.3, -0.25) is 0 Å². The average molecular weight is 443 g/mol. The molecule has 0 spiro atoms. The molecule has 0 aromatic heterocycles. The number of hydrogen-bond donors (Lipinski definition) is 0. The molecule has 1 aromatic carbocycles. The molecule has 3 nitrogen and oxygen atoms in total. The fraction of sp³-hybridized carbons (Fsp3) is 0.760. The topological polar surface area (TPSA) is 27.7 Å². The van der Waals surface area contributed by atoms with E-state index >= 15 is 0 Å². The van der Waals surface area contributed by atoms with Gasteiger partial charge in [-0.05, 0) is 62.0 Å². The number of ether oxygens (including phenoxy) is 3. The van der Waals surface area contributed by atoms with Crippen LogP contribution in [0, 0.1) is 29.4 Å². The molecule has 3 atom stereocenters. The summed E-state index contributed by atoms with van der Waals surface area (Å²) in [5, 5.41) is 0. The van der Waals surface area contributed by atoms with Crippen LogP contribution in [0.15, 0.2) is 12.1 Å². The van der Waals surface area contributed by atoms with E-state index in [0.717, 1.165) is 37.5 Å². The summed E-state index contributed by atoms with van der Waals surface area (Å²) in [6, 6.07) is 2.62. The fourth-order valence-electron chi connectivity index (χ4n) is 4.74. The molecule has 31 heavy (non-hydrogen) atoms. The lowest BCUT2D eigenvalue weighted by Gasteiger charge is -2.37. The van der Waals surface area contributed by atoms with Crippen molar-refractivity contribution in [3.63, 3.8) is 0 Å². The summed E-state index contributed by atoms with van der Waals surface area (Å²) < 4.78 is 59.2. The molecule has 0 N–H and O–H groups in total. The quantitative estimate of drug-likeness (QED) is 0.370. The van der Waals surface area contributed by atoms with Crippen molar-refractivity contribution in [3.8, 4) is 11.5 Å². The minimum atomic E-state index is -1.29. The molecular weight excluding hydrogens is 405 g/mol. The van der Waals surface area contributed by atoms with E-state index in [1.807, 2.05) is 6.92 Å². The molecule has 1 aliphatic carbocycles. The van der Waals surface area contributed by atoms with Crippen molar-refractivity contribution in [3.05, 3.63) is 23.8 Å². The van der Waals surface area contributed by atoms with Gasteiger partial charge in [-0.2, -0.15) is 8.78 Å². The van der Waals surface area contributed by atoms with Gasteiger partial charge in [0.15, 0.2) is 11.5 Å². The minimum Gasteiger partial charge on any atom is -0.490 e. The van der Waals surface area contributed by atoms with Crippen LogP contribution in [0.2, 0.25) is 0 Å². The van der Waals surface area contributed by atoms with Gasteiger partial charge in [0.05, 0.1) is 19.3 Å². The zero-order chi connectivity index (χ0) is 22.2. The summed E-state index contributed by atoms with van der Waals surface area (Å²) in [4.78, 5) is 0. The number of rotatable bonds is 10. The van der Waals surface area contributed by atoms with Crippen molar-refractivity contribution in [2.45, 2.75) is 83.9 Å². The summed E-state index contributed by atoms with van der Waals surface area (Å²) in [7, 11) is 0. The summed E-state index contributed by atoms with van der Waals surface area (Å²) in [5.41, 5.74) is 0. The lowest BCUT2D eigenvalue weighted by molar-refractivity contribution is -0.0526. The molecule has 2 aliphatic rings. The third kappa shape index (κ3) is 7.03. The first-order valence-corrected chi connectivity index (χ1v) is 12.0. The SMILES string of the molecule is CCCCOc1ccc(OCC(F)CC2CCC(C3CCC(C)CC3)CO2)c(F)c1F. The molecule has 6 heteroatoms. The third-order valence-corrected chi connectivity index (χ3v) is 6.84. The molecule has 1 heterocycles.